The van der Waals surface area contributed by atoms with Gasteiger partial charge < -0.3 is 9.84 Å². The Bertz CT molecular complexity index is 334. The maximum absolute atomic E-state index is 12.8. The van der Waals surface area contributed by atoms with Crippen LogP contribution < -0.4 is 4.74 Å². The molecule has 2 nitrogen and oxygen atoms in total. The van der Waals surface area contributed by atoms with E-state index in [0.29, 0.717) is 12.4 Å². The summed E-state index contributed by atoms with van der Waals surface area (Å²) in [6.45, 7) is 0.533. The first-order chi connectivity index (χ1) is 7.18. The van der Waals surface area contributed by atoms with E-state index in [4.69, 9.17) is 4.74 Å². The highest BCUT2D eigenvalue weighted by Gasteiger charge is 2.39. The highest BCUT2D eigenvalue weighted by Crippen LogP contribution is 2.39. The minimum atomic E-state index is -0.411. The summed E-state index contributed by atoms with van der Waals surface area (Å²) < 4.78 is 18.1. The fourth-order valence-electron chi connectivity index (χ4n) is 1.54. The van der Waals surface area contributed by atoms with Crippen LogP contribution in [0.4, 0.5) is 4.39 Å². The largest absolute Gasteiger partial charge is 0.493 e. The molecule has 1 N–H and O–H groups in total. The van der Waals surface area contributed by atoms with Crippen molar-refractivity contribution in [3.8, 4) is 5.75 Å². The third-order valence-electron chi connectivity index (χ3n) is 2.68. The molecule has 3 heteroatoms. The molecule has 1 aliphatic rings. The lowest BCUT2D eigenvalue weighted by molar-refractivity contribution is 0.129. The maximum Gasteiger partial charge on any atom is 0.126 e. The summed E-state index contributed by atoms with van der Waals surface area (Å²) in [7, 11) is 0. The van der Waals surface area contributed by atoms with Crippen molar-refractivity contribution in [3.63, 3.8) is 0 Å². The fourth-order valence-corrected chi connectivity index (χ4v) is 1.54. The molecule has 82 valence electrons. The van der Waals surface area contributed by atoms with Gasteiger partial charge in [0.25, 0.3) is 0 Å². The van der Waals surface area contributed by atoms with Crippen molar-refractivity contribution in [2.24, 2.45) is 0 Å². The first kappa shape index (κ1) is 10.4. The van der Waals surface area contributed by atoms with Crippen LogP contribution in [0.3, 0.4) is 0 Å². The van der Waals surface area contributed by atoms with Gasteiger partial charge in [-0.2, -0.15) is 0 Å². The van der Waals surface area contributed by atoms with Gasteiger partial charge in [-0.05, 0) is 37.8 Å². The van der Waals surface area contributed by atoms with Gasteiger partial charge in [-0.15, -0.1) is 0 Å². The number of hydrogen-bond acceptors (Lipinski definition) is 2. The molecular formula is C12H15FO2. The van der Waals surface area contributed by atoms with Crippen LogP contribution in [0.25, 0.3) is 0 Å². The van der Waals surface area contributed by atoms with Gasteiger partial charge in [0.15, 0.2) is 0 Å². The SMILES string of the molecule is OC1(CCCOc2cccc(F)c2)CC1. The molecule has 0 amide bonds. The quantitative estimate of drug-likeness (QED) is 0.757. The van der Waals surface area contributed by atoms with Gasteiger partial charge >= 0.3 is 0 Å². The molecule has 0 saturated heterocycles. The second-order valence-electron chi connectivity index (χ2n) is 4.13. The van der Waals surface area contributed by atoms with Gasteiger partial charge in [0.2, 0.25) is 0 Å². The molecule has 1 fully saturated rings. The molecule has 2 rings (SSSR count). The first-order valence-corrected chi connectivity index (χ1v) is 5.29. The molecule has 0 radical (unpaired) electrons. The van der Waals surface area contributed by atoms with Crippen molar-refractivity contribution in [2.45, 2.75) is 31.3 Å². The zero-order valence-corrected chi connectivity index (χ0v) is 8.58. The van der Waals surface area contributed by atoms with Gasteiger partial charge in [-0.25, -0.2) is 4.39 Å². The lowest BCUT2D eigenvalue weighted by Gasteiger charge is -2.08. The van der Waals surface area contributed by atoms with Crippen LogP contribution in [0.2, 0.25) is 0 Å². The summed E-state index contributed by atoms with van der Waals surface area (Å²) in [6, 6.07) is 6.11. The van der Waals surface area contributed by atoms with Crippen molar-refractivity contribution < 1.29 is 14.2 Å². The normalized spacial score (nSPS) is 17.5. The Morgan fingerprint density at radius 1 is 1.40 bits per heavy atom. The lowest BCUT2D eigenvalue weighted by Crippen LogP contribution is -2.09. The van der Waals surface area contributed by atoms with Gasteiger partial charge in [0, 0.05) is 6.07 Å². The molecule has 0 bridgehead atoms. The smallest absolute Gasteiger partial charge is 0.126 e. The Kier molecular flexibility index (Phi) is 2.91. The van der Waals surface area contributed by atoms with E-state index in [9.17, 15) is 9.50 Å². The van der Waals surface area contributed by atoms with Gasteiger partial charge in [-0.3, -0.25) is 0 Å². The van der Waals surface area contributed by atoms with E-state index < -0.39 is 5.60 Å². The number of halogens is 1. The number of rotatable bonds is 5. The Hall–Kier alpha value is -1.09. The van der Waals surface area contributed by atoms with Crippen LogP contribution in [0.15, 0.2) is 24.3 Å². The van der Waals surface area contributed by atoms with Crippen LogP contribution in [-0.2, 0) is 0 Å². The van der Waals surface area contributed by atoms with Gasteiger partial charge in [0.1, 0.15) is 11.6 Å². The number of aliphatic hydroxyl groups is 1. The third-order valence-corrected chi connectivity index (χ3v) is 2.68. The second-order valence-corrected chi connectivity index (χ2v) is 4.13. The highest BCUT2D eigenvalue weighted by molar-refractivity contribution is 5.22. The van der Waals surface area contributed by atoms with E-state index in [2.05, 4.69) is 0 Å². The summed E-state index contributed by atoms with van der Waals surface area (Å²) in [4.78, 5) is 0. The predicted molar refractivity (Wildman–Crippen MR) is 55.3 cm³/mol. The van der Waals surface area contributed by atoms with Crippen molar-refractivity contribution in [1.82, 2.24) is 0 Å². The fraction of sp³-hybridized carbons (Fsp3) is 0.500. The van der Waals surface area contributed by atoms with E-state index in [0.717, 1.165) is 25.7 Å². The summed E-state index contributed by atoms with van der Waals surface area (Å²) in [5.41, 5.74) is -0.411. The Labute approximate surface area is 88.7 Å². The van der Waals surface area contributed by atoms with Crippen LogP contribution in [-0.4, -0.2) is 17.3 Å². The lowest BCUT2D eigenvalue weighted by atomic mass is 10.2. The minimum Gasteiger partial charge on any atom is -0.493 e. The van der Waals surface area contributed by atoms with E-state index in [-0.39, 0.29) is 5.82 Å². The van der Waals surface area contributed by atoms with E-state index in [1.165, 1.54) is 12.1 Å². The van der Waals surface area contributed by atoms with E-state index in [1.807, 2.05) is 0 Å². The Morgan fingerprint density at radius 3 is 2.87 bits per heavy atom. The van der Waals surface area contributed by atoms with Crippen molar-refractivity contribution in [2.75, 3.05) is 6.61 Å². The van der Waals surface area contributed by atoms with Crippen molar-refractivity contribution in [3.05, 3.63) is 30.1 Å². The summed E-state index contributed by atoms with van der Waals surface area (Å²) in [6.07, 6.45) is 3.41. The molecular weight excluding hydrogens is 195 g/mol. The average Bonchev–Trinajstić information content (AvgIpc) is 2.92. The maximum atomic E-state index is 12.8. The molecule has 1 aromatic rings. The van der Waals surface area contributed by atoms with Crippen LogP contribution >= 0.6 is 0 Å². The Balaban J connectivity index is 1.69. The van der Waals surface area contributed by atoms with Crippen molar-refractivity contribution in [1.29, 1.82) is 0 Å². The minimum absolute atomic E-state index is 0.284. The van der Waals surface area contributed by atoms with Crippen molar-refractivity contribution >= 4 is 0 Å². The van der Waals surface area contributed by atoms with E-state index in [1.54, 1.807) is 12.1 Å². The third kappa shape index (κ3) is 3.20. The van der Waals surface area contributed by atoms with Crippen LogP contribution in [0.1, 0.15) is 25.7 Å². The number of benzene rings is 1. The first-order valence-electron chi connectivity index (χ1n) is 5.29. The molecule has 1 saturated carbocycles. The number of ether oxygens (including phenoxy) is 1. The highest BCUT2D eigenvalue weighted by atomic mass is 19.1. The van der Waals surface area contributed by atoms with Gasteiger partial charge in [-0.1, -0.05) is 6.07 Å². The summed E-state index contributed by atoms with van der Waals surface area (Å²) in [5.74, 6) is 0.270. The molecule has 0 atom stereocenters. The summed E-state index contributed by atoms with van der Waals surface area (Å²) >= 11 is 0. The molecule has 15 heavy (non-hydrogen) atoms. The molecule has 0 aliphatic heterocycles. The molecule has 1 aliphatic carbocycles. The molecule has 1 aromatic carbocycles. The van der Waals surface area contributed by atoms with Gasteiger partial charge in [0.05, 0.1) is 12.2 Å². The molecule has 0 spiro atoms. The topological polar surface area (TPSA) is 29.5 Å². The number of hydrogen-bond donors (Lipinski definition) is 1. The molecule has 0 aromatic heterocycles. The van der Waals surface area contributed by atoms with Crippen LogP contribution in [0.5, 0.6) is 5.75 Å². The second kappa shape index (κ2) is 4.19. The monoisotopic (exact) mass is 210 g/mol. The summed E-state index contributed by atoms with van der Waals surface area (Å²) in [5, 5.41) is 9.55. The Morgan fingerprint density at radius 2 is 2.20 bits per heavy atom. The average molecular weight is 210 g/mol. The molecule has 0 heterocycles. The van der Waals surface area contributed by atoms with Crippen LogP contribution in [0, 0.1) is 5.82 Å². The zero-order chi connectivity index (χ0) is 10.7. The molecule has 0 unspecified atom stereocenters. The zero-order valence-electron chi connectivity index (χ0n) is 8.58. The predicted octanol–water partition coefficient (Wildman–Crippen LogP) is 2.51. The van der Waals surface area contributed by atoms with E-state index >= 15 is 0 Å². The standard InChI is InChI=1S/C12H15FO2/c13-10-3-1-4-11(9-10)15-8-2-5-12(14)6-7-12/h1,3-4,9,14H,2,5-8H2.